The fourth-order valence-electron chi connectivity index (χ4n) is 2.63. The topological polar surface area (TPSA) is 58.6 Å². The molecule has 1 atom stereocenters. The van der Waals surface area contributed by atoms with E-state index in [2.05, 4.69) is 5.32 Å². The highest BCUT2D eigenvalue weighted by Gasteiger charge is 2.29. The lowest BCUT2D eigenvalue weighted by Crippen LogP contribution is -2.53. The third kappa shape index (κ3) is 7.06. The summed E-state index contributed by atoms with van der Waals surface area (Å²) in [6.45, 7) is 6.83. The maximum atomic E-state index is 14.2. The lowest BCUT2D eigenvalue weighted by molar-refractivity contribution is -0.142. The normalized spacial score (nSPS) is 12.2. The van der Waals surface area contributed by atoms with Gasteiger partial charge in [-0.05, 0) is 58.0 Å². The quantitative estimate of drug-likeness (QED) is 0.730. The van der Waals surface area contributed by atoms with Gasteiger partial charge in [-0.3, -0.25) is 9.59 Å². The van der Waals surface area contributed by atoms with Crippen LogP contribution in [-0.2, 0) is 16.1 Å². The van der Waals surface area contributed by atoms with Crippen molar-refractivity contribution in [1.82, 2.24) is 10.2 Å². The lowest BCUT2D eigenvalue weighted by atomic mass is 10.1. The van der Waals surface area contributed by atoms with E-state index in [1.165, 1.54) is 11.0 Å². The number of carbonyl (C=O) groups excluding carboxylic acids is 2. The maximum Gasteiger partial charge on any atom is 0.261 e. The Morgan fingerprint density at radius 1 is 1.14 bits per heavy atom. The molecule has 2 aromatic rings. The van der Waals surface area contributed by atoms with Gasteiger partial charge in [-0.1, -0.05) is 29.8 Å². The van der Waals surface area contributed by atoms with Crippen molar-refractivity contribution in [2.24, 2.45) is 0 Å². The predicted octanol–water partition coefficient (Wildman–Crippen LogP) is 4.19. The summed E-state index contributed by atoms with van der Waals surface area (Å²) in [6, 6.07) is 12.0. The zero-order chi connectivity index (χ0) is 21.6. The number of hydrogen-bond donors (Lipinski definition) is 1. The Kier molecular flexibility index (Phi) is 7.62. The zero-order valence-corrected chi connectivity index (χ0v) is 17.8. The number of rotatable bonds is 7. The van der Waals surface area contributed by atoms with Crippen LogP contribution in [0.1, 0.15) is 33.3 Å². The number of hydrogen-bond acceptors (Lipinski definition) is 3. The fraction of sp³-hybridized carbons (Fsp3) is 0.364. The highest BCUT2D eigenvalue weighted by molar-refractivity contribution is 6.30. The maximum absolute atomic E-state index is 14.2. The first kappa shape index (κ1) is 22.7. The van der Waals surface area contributed by atoms with Crippen molar-refractivity contribution in [1.29, 1.82) is 0 Å². The first-order valence-electron chi connectivity index (χ1n) is 9.30. The van der Waals surface area contributed by atoms with Gasteiger partial charge < -0.3 is 15.0 Å². The molecule has 0 aliphatic carbocycles. The number of nitrogens with one attached hydrogen (secondary N) is 1. The number of carbonyl (C=O) groups is 2. The molecule has 0 unspecified atom stereocenters. The summed E-state index contributed by atoms with van der Waals surface area (Å²) in [5.41, 5.74) is -0.138. The zero-order valence-electron chi connectivity index (χ0n) is 17.0. The summed E-state index contributed by atoms with van der Waals surface area (Å²) < 4.78 is 19.7. The monoisotopic (exact) mass is 420 g/mol. The molecule has 0 heterocycles. The van der Waals surface area contributed by atoms with Gasteiger partial charge in [0.25, 0.3) is 5.91 Å². The largest absolute Gasteiger partial charge is 0.484 e. The van der Waals surface area contributed by atoms with E-state index in [0.29, 0.717) is 16.3 Å². The van der Waals surface area contributed by atoms with Crippen LogP contribution in [0.5, 0.6) is 5.75 Å². The van der Waals surface area contributed by atoms with E-state index in [-0.39, 0.29) is 19.1 Å². The average Bonchev–Trinajstić information content (AvgIpc) is 2.65. The molecule has 29 heavy (non-hydrogen) atoms. The van der Waals surface area contributed by atoms with E-state index >= 15 is 0 Å². The highest BCUT2D eigenvalue weighted by Crippen LogP contribution is 2.17. The molecule has 0 aliphatic heterocycles. The predicted molar refractivity (Wildman–Crippen MR) is 111 cm³/mol. The third-order valence-corrected chi connectivity index (χ3v) is 4.39. The van der Waals surface area contributed by atoms with Crippen LogP contribution in [0.4, 0.5) is 4.39 Å². The average molecular weight is 421 g/mol. The van der Waals surface area contributed by atoms with Crippen molar-refractivity contribution >= 4 is 23.4 Å². The molecule has 2 aromatic carbocycles. The Bertz CT molecular complexity index is 850. The minimum absolute atomic E-state index is 0.0474. The van der Waals surface area contributed by atoms with Gasteiger partial charge in [-0.2, -0.15) is 0 Å². The Morgan fingerprint density at radius 3 is 2.34 bits per heavy atom. The number of halogens is 2. The molecule has 0 aromatic heterocycles. The van der Waals surface area contributed by atoms with Crippen LogP contribution in [0.15, 0.2) is 48.5 Å². The van der Waals surface area contributed by atoms with Crippen molar-refractivity contribution in [3.8, 4) is 5.75 Å². The van der Waals surface area contributed by atoms with E-state index in [4.69, 9.17) is 16.3 Å². The van der Waals surface area contributed by atoms with E-state index in [0.717, 1.165) is 0 Å². The second-order valence-electron chi connectivity index (χ2n) is 7.77. The molecule has 0 fully saturated rings. The van der Waals surface area contributed by atoms with Crippen LogP contribution in [0.2, 0.25) is 5.02 Å². The Balaban J connectivity index is 2.18. The molecule has 156 valence electrons. The third-order valence-electron chi connectivity index (χ3n) is 4.14. The minimum Gasteiger partial charge on any atom is -0.484 e. The van der Waals surface area contributed by atoms with Gasteiger partial charge in [0.05, 0.1) is 0 Å². The second-order valence-corrected chi connectivity index (χ2v) is 8.21. The SMILES string of the molecule is C[C@@H](C(=O)NC(C)(C)C)N(Cc1ccccc1F)C(=O)COc1ccc(Cl)cc1. The highest BCUT2D eigenvalue weighted by atomic mass is 35.5. The lowest BCUT2D eigenvalue weighted by Gasteiger charge is -2.31. The molecule has 0 bridgehead atoms. The van der Waals surface area contributed by atoms with Crippen molar-refractivity contribution in [3.05, 3.63) is 64.9 Å². The molecule has 1 N–H and O–H groups in total. The van der Waals surface area contributed by atoms with Crippen LogP contribution >= 0.6 is 11.6 Å². The summed E-state index contributed by atoms with van der Waals surface area (Å²) in [7, 11) is 0. The molecule has 7 heteroatoms. The van der Waals surface area contributed by atoms with Crippen molar-refractivity contribution in [2.45, 2.75) is 45.8 Å². The molecule has 0 saturated heterocycles. The van der Waals surface area contributed by atoms with Gasteiger partial charge in [0, 0.05) is 22.7 Å². The smallest absolute Gasteiger partial charge is 0.261 e. The van der Waals surface area contributed by atoms with Gasteiger partial charge in [0.15, 0.2) is 6.61 Å². The first-order valence-corrected chi connectivity index (χ1v) is 9.68. The van der Waals surface area contributed by atoms with Crippen molar-refractivity contribution in [3.63, 3.8) is 0 Å². The van der Waals surface area contributed by atoms with Crippen LogP contribution in [0.3, 0.4) is 0 Å². The Morgan fingerprint density at radius 2 is 1.76 bits per heavy atom. The summed E-state index contributed by atoms with van der Waals surface area (Å²) in [5.74, 6) is -0.721. The van der Waals surface area contributed by atoms with Crippen LogP contribution in [0, 0.1) is 5.82 Å². The number of benzene rings is 2. The standard InChI is InChI=1S/C22H26ClFN2O3/c1-15(21(28)25-22(2,3)4)26(13-16-7-5-6-8-19(16)24)20(27)14-29-18-11-9-17(23)10-12-18/h5-12,15H,13-14H2,1-4H3,(H,25,28)/t15-/m0/s1. The first-order chi connectivity index (χ1) is 13.6. The van der Waals surface area contributed by atoms with Gasteiger partial charge in [0.1, 0.15) is 17.6 Å². The summed E-state index contributed by atoms with van der Waals surface area (Å²) in [4.78, 5) is 26.8. The van der Waals surface area contributed by atoms with E-state index < -0.39 is 23.3 Å². The molecule has 0 saturated carbocycles. The van der Waals surface area contributed by atoms with Crippen LogP contribution in [0.25, 0.3) is 0 Å². The van der Waals surface area contributed by atoms with Crippen LogP contribution < -0.4 is 10.1 Å². The van der Waals surface area contributed by atoms with Gasteiger partial charge in [-0.15, -0.1) is 0 Å². The number of nitrogens with zero attached hydrogens (tertiary/aromatic N) is 1. The summed E-state index contributed by atoms with van der Waals surface area (Å²) >= 11 is 5.85. The molecule has 0 spiro atoms. The van der Waals surface area contributed by atoms with Crippen LogP contribution in [-0.4, -0.2) is 34.9 Å². The number of ether oxygens (including phenoxy) is 1. The van der Waals surface area contributed by atoms with E-state index in [9.17, 15) is 14.0 Å². The molecule has 5 nitrogen and oxygen atoms in total. The molecule has 0 radical (unpaired) electrons. The molecule has 0 aliphatic rings. The van der Waals surface area contributed by atoms with E-state index in [1.807, 2.05) is 20.8 Å². The Labute approximate surface area is 175 Å². The van der Waals surface area contributed by atoms with Gasteiger partial charge >= 0.3 is 0 Å². The summed E-state index contributed by atoms with van der Waals surface area (Å²) in [5, 5.41) is 3.41. The molecular weight excluding hydrogens is 395 g/mol. The van der Waals surface area contributed by atoms with Gasteiger partial charge in [-0.25, -0.2) is 4.39 Å². The van der Waals surface area contributed by atoms with Crippen molar-refractivity contribution < 1.29 is 18.7 Å². The minimum atomic E-state index is -0.810. The van der Waals surface area contributed by atoms with E-state index in [1.54, 1.807) is 49.4 Å². The van der Waals surface area contributed by atoms with Crippen molar-refractivity contribution in [2.75, 3.05) is 6.61 Å². The molecule has 2 amide bonds. The fourth-order valence-corrected chi connectivity index (χ4v) is 2.75. The molecule has 2 rings (SSSR count). The van der Waals surface area contributed by atoms with Gasteiger partial charge in [0.2, 0.25) is 5.91 Å². The molecular formula is C22H26ClFN2O3. The summed E-state index contributed by atoms with van der Waals surface area (Å²) in [6.07, 6.45) is 0. The Hall–Kier alpha value is -2.60. The second kappa shape index (κ2) is 9.74. The number of amides is 2.